The van der Waals surface area contributed by atoms with Crippen LogP contribution in [-0.2, 0) is 9.53 Å². The highest BCUT2D eigenvalue weighted by molar-refractivity contribution is 6.30. The summed E-state index contributed by atoms with van der Waals surface area (Å²) in [5.74, 6) is -0.301. The third-order valence-corrected chi connectivity index (χ3v) is 3.81. The Kier molecular flexibility index (Phi) is 6.03. The number of halogens is 1. The van der Waals surface area contributed by atoms with Gasteiger partial charge in [-0.2, -0.15) is 0 Å². The number of hydrogen-bond donors (Lipinski definition) is 2. The molecule has 0 spiro atoms. The van der Waals surface area contributed by atoms with Gasteiger partial charge in [0, 0.05) is 10.7 Å². The second kappa shape index (κ2) is 8.00. The third-order valence-electron chi connectivity index (χ3n) is 3.57. The number of nitrogens with one attached hydrogen (secondary N) is 2. The Morgan fingerprint density at radius 3 is 2.73 bits per heavy atom. The third kappa shape index (κ3) is 4.89. The van der Waals surface area contributed by atoms with Crippen LogP contribution in [0.25, 0.3) is 0 Å². The molecule has 7 heteroatoms. The summed E-state index contributed by atoms with van der Waals surface area (Å²) >= 11 is 6.01. The quantitative estimate of drug-likeness (QED) is 0.836. The van der Waals surface area contributed by atoms with Crippen molar-refractivity contribution in [2.45, 2.75) is 6.92 Å². The van der Waals surface area contributed by atoms with E-state index in [0.717, 1.165) is 41.8 Å². The van der Waals surface area contributed by atoms with Gasteiger partial charge in [-0.05, 0) is 25.1 Å². The molecule has 1 aliphatic rings. The molecule has 1 fully saturated rings. The Hall–Kier alpha value is -1.79. The number of carbonyl (C=O) groups excluding carboxylic acids is 2. The average molecular weight is 327 g/mol. The minimum Gasteiger partial charge on any atom is -0.450 e. The van der Waals surface area contributed by atoms with Gasteiger partial charge in [-0.15, -0.1) is 0 Å². The van der Waals surface area contributed by atoms with E-state index >= 15 is 0 Å². The van der Waals surface area contributed by atoms with Gasteiger partial charge >= 0.3 is 6.09 Å². The number of amides is 2. The molecule has 1 heterocycles. The van der Waals surface area contributed by atoms with E-state index in [1.54, 1.807) is 6.92 Å². The smallest absolute Gasteiger partial charge is 0.414 e. The lowest BCUT2D eigenvalue weighted by molar-refractivity contribution is -0.892. The number of anilines is 1. The molecule has 1 aromatic carbocycles. The lowest BCUT2D eigenvalue weighted by Gasteiger charge is -2.33. The number of hydrogen-bond acceptors (Lipinski definition) is 4. The zero-order valence-electron chi connectivity index (χ0n) is 12.6. The molecule has 0 unspecified atom stereocenters. The van der Waals surface area contributed by atoms with E-state index in [1.807, 2.05) is 24.3 Å². The van der Waals surface area contributed by atoms with Crippen molar-refractivity contribution < 1.29 is 19.2 Å². The molecule has 2 amide bonds. The first-order chi connectivity index (χ1) is 10.6. The number of carbonyl (C=O) groups is 2. The maximum Gasteiger partial charge on any atom is 0.414 e. The first-order valence-corrected chi connectivity index (χ1v) is 7.77. The summed E-state index contributed by atoms with van der Waals surface area (Å²) in [6.07, 6.45) is -0.676. The largest absolute Gasteiger partial charge is 0.450 e. The SMILES string of the molecule is CCOC(=O)NC(=O)C[NH+]1CCN(c2cccc(Cl)c2)CC1. The fraction of sp³-hybridized carbons (Fsp3) is 0.467. The Bertz CT molecular complexity index is 531. The average Bonchev–Trinajstić information content (AvgIpc) is 2.48. The van der Waals surface area contributed by atoms with Crippen molar-refractivity contribution in [2.24, 2.45) is 0 Å². The maximum atomic E-state index is 11.7. The van der Waals surface area contributed by atoms with Crippen molar-refractivity contribution >= 4 is 29.3 Å². The summed E-state index contributed by atoms with van der Waals surface area (Å²) in [4.78, 5) is 26.3. The number of nitrogens with zero attached hydrogens (tertiary/aromatic N) is 1. The molecular weight excluding hydrogens is 306 g/mol. The zero-order chi connectivity index (χ0) is 15.9. The predicted molar refractivity (Wildman–Crippen MR) is 84.4 cm³/mol. The first-order valence-electron chi connectivity index (χ1n) is 7.39. The van der Waals surface area contributed by atoms with E-state index in [4.69, 9.17) is 11.6 Å². The minimum absolute atomic E-state index is 0.254. The van der Waals surface area contributed by atoms with E-state index in [-0.39, 0.29) is 19.1 Å². The standard InChI is InChI=1S/C15H20ClN3O3/c1-2-22-15(21)17-14(20)11-18-6-8-19(9-7-18)13-5-3-4-12(16)10-13/h3-5,10H,2,6-9,11H2,1H3,(H,17,20,21)/p+1. The van der Waals surface area contributed by atoms with Crippen LogP contribution in [0.2, 0.25) is 5.02 Å². The van der Waals surface area contributed by atoms with Crippen LogP contribution in [0, 0.1) is 0 Å². The molecule has 120 valence electrons. The highest BCUT2D eigenvalue weighted by Crippen LogP contribution is 2.19. The lowest BCUT2D eigenvalue weighted by atomic mass is 10.2. The highest BCUT2D eigenvalue weighted by Gasteiger charge is 2.23. The predicted octanol–water partition coefficient (Wildman–Crippen LogP) is 0.318. The van der Waals surface area contributed by atoms with E-state index in [0.29, 0.717) is 0 Å². The minimum atomic E-state index is -0.676. The van der Waals surface area contributed by atoms with Crippen LogP contribution in [-0.4, -0.2) is 51.3 Å². The monoisotopic (exact) mass is 326 g/mol. The zero-order valence-corrected chi connectivity index (χ0v) is 13.4. The molecule has 0 aromatic heterocycles. The second-order valence-electron chi connectivity index (χ2n) is 5.16. The van der Waals surface area contributed by atoms with E-state index in [1.165, 1.54) is 0 Å². The van der Waals surface area contributed by atoms with Crippen molar-refractivity contribution in [3.8, 4) is 0 Å². The number of ether oxygens (including phenoxy) is 1. The molecule has 0 saturated carbocycles. The van der Waals surface area contributed by atoms with Crippen LogP contribution in [0.3, 0.4) is 0 Å². The molecule has 6 nitrogen and oxygen atoms in total. The lowest BCUT2D eigenvalue weighted by Crippen LogP contribution is -3.16. The molecule has 1 saturated heterocycles. The molecule has 1 aromatic rings. The highest BCUT2D eigenvalue weighted by atomic mass is 35.5. The molecule has 0 aliphatic carbocycles. The van der Waals surface area contributed by atoms with Crippen LogP contribution in [0.5, 0.6) is 0 Å². The number of alkyl carbamates (subject to hydrolysis) is 1. The number of imide groups is 1. The fourth-order valence-electron chi connectivity index (χ4n) is 2.48. The summed E-state index contributed by atoms with van der Waals surface area (Å²) in [6.45, 7) is 5.60. The van der Waals surface area contributed by atoms with Gasteiger partial charge < -0.3 is 14.5 Å². The fourth-order valence-corrected chi connectivity index (χ4v) is 2.67. The number of quaternary nitrogens is 1. The summed E-state index contributed by atoms with van der Waals surface area (Å²) in [5.41, 5.74) is 1.10. The van der Waals surface area contributed by atoms with E-state index in [2.05, 4.69) is 15.0 Å². The maximum absolute atomic E-state index is 11.7. The van der Waals surface area contributed by atoms with Gasteiger partial charge in [-0.3, -0.25) is 10.1 Å². The second-order valence-corrected chi connectivity index (χ2v) is 5.60. The van der Waals surface area contributed by atoms with Crippen molar-refractivity contribution in [1.82, 2.24) is 5.32 Å². The van der Waals surface area contributed by atoms with E-state index < -0.39 is 6.09 Å². The molecule has 0 atom stereocenters. The first kappa shape index (κ1) is 16.6. The van der Waals surface area contributed by atoms with Crippen LogP contribution in [0.1, 0.15) is 6.92 Å². The Morgan fingerprint density at radius 1 is 1.36 bits per heavy atom. The Morgan fingerprint density at radius 2 is 2.09 bits per heavy atom. The van der Waals surface area contributed by atoms with Crippen LogP contribution in [0.15, 0.2) is 24.3 Å². The van der Waals surface area contributed by atoms with Crippen molar-refractivity contribution in [3.63, 3.8) is 0 Å². The molecule has 2 N–H and O–H groups in total. The molecule has 0 radical (unpaired) electrons. The van der Waals surface area contributed by atoms with Gasteiger partial charge in [0.15, 0.2) is 6.54 Å². The van der Waals surface area contributed by atoms with Gasteiger partial charge in [0.1, 0.15) is 0 Å². The van der Waals surface area contributed by atoms with Gasteiger partial charge in [-0.1, -0.05) is 17.7 Å². The number of rotatable bonds is 4. The molecular formula is C15H21ClN3O3+. The van der Waals surface area contributed by atoms with Gasteiger partial charge in [-0.25, -0.2) is 4.79 Å². The van der Waals surface area contributed by atoms with E-state index in [9.17, 15) is 9.59 Å². The van der Waals surface area contributed by atoms with Gasteiger partial charge in [0.2, 0.25) is 0 Å². The topological polar surface area (TPSA) is 63.1 Å². The van der Waals surface area contributed by atoms with Crippen LogP contribution < -0.4 is 15.1 Å². The van der Waals surface area contributed by atoms with Crippen LogP contribution in [0.4, 0.5) is 10.5 Å². The molecule has 0 bridgehead atoms. The number of piperazine rings is 1. The van der Waals surface area contributed by atoms with Crippen molar-refractivity contribution in [3.05, 3.63) is 29.3 Å². The van der Waals surface area contributed by atoms with Crippen molar-refractivity contribution in [2.75, 3.05) is 44.2 Å². The normalized spacial score (nSPS) is 15.5. The van der Waals surface area contributed by atoms with Gasteiger partial charge in [0.25, 0.3) is 5.91 Å². The Balaban J connectivity index is 1.77. The van der Waals surface area contributed by atoms with Gasteiger partial charge in [0.05, 0.1) is 32.8 Å². The Labute approximate surface area is 135 Å². The number of benzene rings is 1. The van der Waals surface area contributed by atoms with Crippen LogP contribution >= 0.6 is 11.6 Å². The molecule has 2 rings (SSSR count). The molecule has 1 aliphatic heterocycles. The summed E-state index contributed by atoms with van der Waals surface area (Å²) in [7, 11) is 0. The summed E-state index contributed by atoms with van der Waals surface area (Å²) in [5, 5.41) is 2.95. The summed E-state index contributed by atoms with van der Waals surface area (Å²) in [6, 6.07) is 7.76. The summed E-state index contributed by atoms with van der Waals surface area (Å²) < 4.78 is 4.69. The van der Waals surface area contributed by atoms with Crippen molar-refractivity contribution in [1.29, 1.82) is 0 Å². The molecule has 22 heavy (non-hydrogen) atoms.